The van der Waals surface area contributed by atoms with Gasteiger partial charge in [0.2, 0.25) is 0 Å². The number of hydrogen-bond donors (Lipinski definition) is 7. The van der Waals surface area contributed by atoms with E-state index in [-0.39, 0.29) is 35.9 Å². The fourth-order valence-corrected chi connectivity index (χ4v) is 17.2. The van der Waals surface area contributed by atoms with E-state index in [1.807, 2.05) is 13.8 Å². The monoisotopic (exact) mass is 1240 g/mol. The zero-order valence-electron chi connectivity index (χ0n) is 43.5. The molecule has 452 valence electrons. The van der Waals surface area contributed by atoms with Crippen molar-refractivity contribution < 1.29 is 139 Å². The van der Waals surface area contributed by atoms with Gasteiger partial charge in [-0.3, -0.25) is 32.4 Å². The van der Waals surface area contributed by atoms with E-state index in [4.69, 9.17) is 23.7 Å². The van der Waals surface area contributed by atoms with E-state index in [1.165, 1.54) is 7.11 Å². The topological polar surface area (TPSA) is 473 Å². The Hall–Kier alpha value is -2.99. The van der Waals surface area contributed by atoms with Crippen molar-refractivity contribution in [3.8, 4) is 0 Å². The van der Waals surface area contributed by atoms with Crippen LogP contribution >= 0.6 is 0 Å². The highest BCUT2D eigenvalue weighted by Crippen LogP contribution is 2.75. The predicted octanol–water partition coefficient (Wildman–Crippen LogP) is 1.47. The van der Waals surface area contributed by atoms with E-state index in [0.717, 1.165) is 24.8 Å². The zero-order chi connectivity index (χ0) is 59.6. The van der Waals surface area contributed by atoms with Crippen LogP contribution in [0.1, 0.15) is 106 Å². The number of aliphatic carboxylic acids is 2. The van der Waals surface area contributed by atoms with Crippen LogP contribution in [0.4, 0.5) is 0 Å². The number of hydrogen-bond acceptors (Lipinski definition) is 24. The van der Waals surface area contributed by atoms with Crippen molar-refractivity contribution in [2.45, 2.75) is 174 Å². The van der Waals surface area contributed by atoms with Crippen molar-refractivity contribution >= 4 is 75.7 Å². The van der Waals surface area contributed by atoms with Crippen LogP contribution in [-0.4, -0.2) is 173 Å². The Balaban J connectivity index is 1.32. The molecule has 6 fully saturated rings. The second kappa shape index (κ2) is 21.0. The standard InChI is InChI=1S/C43H64O31S5/c1-38(2)22-9-12-43(7)32(21(44)17-19-20-18-40(4,37(49)65-8)14-13-39(20,3)15-16-42(19,43)6)41(22,5)11-10-23(38)66-35-30(26(72-77(56,57)58)24(70-75(50,51)52)28(67-35)33(45)46)69-36-31(74-79(62,63)64)27(73-78(59,60)61)25(71-76(53,54)55)29(68-36)34(47)48/h17,20,22-32,35-36H,9-16,18H2,1-8H3,(H,45,46)(H,47,48)(H,50,51,52)(H,53,54,55)(H,56,57,58)(H,59,60,61)(H,62,63,64)/t20?,22?,23?,24-,25-,26-,27-,28-,29-,30+,31+,32?,35+,36-,39?,40-,41?,42+,43?/m0/s1. The Morgan fingerprint density at radius 3 is 1.48 bits per heavy atom. The summed E-state index contributed by atoms with van der Waals surface area (Å²) >= 11 is 0. The molecule has 0 aromatic heterocycles. The van der Waals surface area contributed by atoms with Crippen LogP contribution in [0, 0.1) is 50.2 Å². The summed E-state index contributed by atoms with van der Waals surface area (Å²) in [6.45, 7) is 13.7. The van der Waals surface area contributed by atoms with Crippen LogP contribution in [0.25, 0.3) is 0 Å². The quantitative estimate of drug-likeness (QED) is 0.0616. The van der Waals surface area contributed by atoms with Gasteiger partial charge in [-0.05, 0) is 110 Å². The number of ketones is 1. The van der Waals surface area contributed by atoms with Gasteiger partial charge in [0.15, 0.2) is 36.7 Å². The van der Waals surface area contributed by atoms with Gasteiger partial charge in [0.1, 0.15) is 30.5 Å². The molecule has 0 spiro atoms. The molecule has 2 saturated heterocycles. The second-order valence-corrected chi connectivity index (χ2v) is 28.5. The van der Waals surface area contributed by atoms with Gasteiger partial charge in [-0.15, -0.1) is 0 Å². The third-order valence-corrected chi connectivity index (χ3v) is 20.7. The molecule has 36 heteroatoms. The molecule has 2 aliphatic heterocycles. The molecule has 19 atom stereocenters. The first-order chi connectivity index (χ1) is 35.7. The lowest BCUT2D eigenvalue weighted by molar-refractivity contribution is -0.364. The van der Waals surface area contributed by atoms with E-state index < -0.39 is 170 Å². The Morgan fingerprint density at radius 2 is 1.01 bits per heavy atom. The molecule has 0 aromatic rings. The van der Waals surface area contributed by atoms with Gasteiger partial charge in [0.25, 0.3) is 0 Å². The lowest BCUT2D eigenvalue weighted by Gasteiger charge is -2.70. The summed E-state index contributed by atoms with van der Waals surface area (Å²) in [5, 5.41) is 20.5. The van der Waals surface area contributed by atoms with Gasteiger partial charge in [-0.25, -0.2) is 30.5 Å². The first kappa shape index (κ1) is 63.6. The highest BCUT2D eigenvalue weighted by Gasteiger charge is 2.71. The number of carbonyl (C=O) groups excluding carboxylic acids is 2. The minimum absolute atomic E-state index is 0.0845. The number of methoxy groups -OCH3 is 1. The van der Waals surface area contributed by atoms with Crippen LogP contribution in [0.3, 0.4) is 0 Å². The van der Waals surface area contributed by atoms with E-state index >= 15 is 4.79 Å². The maximum atomic E-state index is 15.1. The van der Waals surface area contributed by atoms with Gasteiger partial charge >= 0.3 is 69.9 Å². The van der Waals surface area contributed by atoms with Crippen LogP contribution in [0.15, 0.2) is 11.6 Å². The number of esters is 1. The summed E-state index contributed by atoms with van der Waals surface area (Å²) in [5.74, 6) is -6.42. The fraction of sp³-hybridized carbons (Fsp3) is 0.860. The molecule has 7 rings (SSSR count). The molecule has 7 N–H and O–H groups in total. The average molecular weight is 1240 g/mol. The molecule has 2 heterocycles. The number of carboxylic acid groups (broad SMARTS) is 2. The molecule has 0 radical (unpaired) electrons. The predicted molar refractivity (Wildman–Crippen MR) is 256 cm³/mol. The first-order valence-electron chi connectivity index (χ1n) is 24.4. The molecule has 0 bridgehead atoms. The highest BCUT2D eigenvalue weighted by molar-refractivity contribution is 7.82. The second-order valence-electron chi connectivity index (χ2n) is 23.3. The SMILES string of the molecule is COC(=O)[C@@]1(C)CCC2(C)CC[C@]3(C)C(=CC(=O)C4C5(C)CCC(O[C@@H]6O[C@H](C(=O)O)[C@@H](OS(=O)(=O)O)[C@H](OS(=O)(=O)O)[C@H]6O[C@@H]6O[C@H](C(=O)O)[C@@H](OS(=O)(=O)O)[C@H](OS(=O)(=O)O)[C@H]6OS(=O)(=O)O)C(C)(C)C5CCC43C)C2C1. The van der Waals surface area contributed by atoms with E-state index in [2.05, 4.69) is 41.7 Å². The van der Waals surface area contributed by atoms with Crippen LogP contribution in [0.5, 0.6) is 0 Å². The minimum atomic E-state index is -6.12. The molecule has 7 unspecified atom stereocenters. The van der Waals surface area contributed by atoms with Crippen LogP contribution in [0.2, 0.25) is 0 Å². The largest absolute Gasteiger partial charge is 0.479 e. The number of carbonyl (C=O) groups is 4. The molecule has 7 aliphatic rings. The van der Waals surface area contributed by atoms with Crippen molar-refractivity contribution in [3.05, 3.63) is 11.6 Å². The van der Waals surface area contributed by atoms with Crippen molar-refractivity contribution in [1.29, 1.82) is 0 Å². The van der Waals surface area contributed by atoms with Gasteiger partial charge < -0.3 is 33.9 Å². The zero-order valence-corrected chi connectivity index (χ0v) is 47.6. The lowest BCUT2D eigenvalue weighted by atomic mass is 9.33. The summed E-state index contributed by atoms with van der Waals surface area (Å²) in [4.78, 5) is 53.9. The number of allylic oxidation sites excluding steroid dienone is 2. The molecule has 0 amide bonds. The summed E-state index contributed by atoms with van der Waals surface area (Å²) < 4.78 is 222. The van der Waals surface area contributed by atoms with Crippen LogP contribution in [-0.2, 0) is 116 Å². The lowest BCUT2D eigenvalue weighted by Crippen LogP contribution is -2.69. The van der Waals surface area contributed by atoms with E-state index in [1.54, 1.807) is 19.9 Å². The summed E-state index contributed by atoms with van der Waals surface area (Å²) in [7, 11) is -28.9. The van der Waals surface area contributed by atoms with E-state index in [0.29, 0.717) is 25.7 Å². The molecular formula is C43H64O31S5. The third-order valence-electron chi connectivity index (χ3n) is 18.4. The fourth-order valence-electron chi connectivity index (χ4n) is 14.8. The van der Waals surface area contributed by atoms with E-state index in [9.17, 15) is 89.4 Å². The van der Waals surface area contributed by atoms with Gasteiger partial charge in [-0.2, -0.15) is 42.1 Å². The smallest absolute Gasteiger partial charge is 0.397 e. The molecule has 0 aromatic carbocycles. The maximum Gasteiger partial charge on any atom is 0.397 e. The number of rotatable bonds is 17. The average Bonchev–Trinajstić information content (AvgIpc) is 3.37. The Kier molecular flexibility index (Phi) is 16.9. The van der Waals surface area contributed by atoms with Crippen molar-refractivity contribution in [1.82, 2.24) is 0 Å². The normalized spacial score (nSPS) is 42.7. The van der Waals surface area contributed by atoms with Crippen molar-refractivity contribution in [2.24, 2.45) is 50.2 Å². The summed E-state index contributed by atoms with van der Waals surface area (Å²) in [5.41, 5.74) is -3.33. The molecule has 4 saturated carbocycles. The van der Waals surface area contributed by atoms with Gasteiger partial charge in [0.05, 0.1) is 18.6 Å². The first-order valence-corrected chi connectivity index (χ1v) is 31.3. The molecule has 79 heavy (non-hydrogen) atoms. The van der Waals surface area contributed by atoms with Crippen LogP contribution < -0.4 is 0 Å². The number of fused-ring (bicyclic) bond motifs is 7. The van der Waals surface area contributed by atoms with Gasteiger partial charge in [-0.1, -0.05) is 47.1 Å². The molecular weight excluding hydrogens is 1170 g/mol. The Morgan fingerprint density at radius 1 is 0.570 bits per heavy atom. The third kappa shape index (κ3) is 12.3. The Bertz CT molecular complexity index is 3070. The number of carboxylic acids is 2. The summed E-state index contributed by atoms with van der Waals surface area (Å²) in [6.07, 6.45) is -25.8. The van der Waals surface area contributed by atoms with Crippen molar-refractivity contribution in [3.63, 3.8) is 0 Å². The number of ether oxygens (including phenoxy) is 5. The summed E-state index contributed by atoms with van der Waals surface area (Å²) in [6, 6.07) is 0. The minimum Gasteiger partial charge on any atom is -0.479 e. The maximum absolute atomic E-state index is 15.1. The molecule has 5 aliphatic carbocycles. The molecule has 31 nitrogen and oxygen atoms in total. The highest BCUT2D eigenvalue weighted by atomic mass is 32.3. The van der Waals surface area contributed by atoms with Crippen molar-refractivity contribution in [2.75, 3.05) is 7.11 Å². The van der Waals surface area contributed by atoms with Gasteiger partial charge in [0, 0.05) is 5.92 Å². The Labute approximate surface area is 455 Å².